The first-order valence-corrected chi connectivity index (χ1v) is 17.9. The highest BCUT2D eigenvalue weighted by Gasteiger charge is 2.33. The summed E-state index contributed by atoms with van der Waals surface area (Å²) in [6.45, 7) is 24.1. The van der Waals surface area contributed by atoms with Gasteiger partial charge in [0.1, 0.15) is 0 Å². The number of rotatable bonds is 7. The number of hydrogen-bond donors (Lipinski definition) is 1. The second-order valence-electron chi connectivity index (χ2n) is 11.6. The predicted octanol–water partition coefficient (Wildman–Crippen LogP) is 9.59. The van der Waals surface area contributed by atoms with Crippen molar-refractivity contribution in [2.24, 2.45) is 0 Å². The molecule has 1 atom stereocenters. The Kier molecular flexibility index (Phi) is 16.5. The molecule has 1 fully saturated rings. The van der Waals surface area contributed by atoms with Crippen LogP contribution in [0.25, 0.3) is 16.5 Å². The molecule has 1 N–H and O–H groups in total. The molecule has 7 nitrogen and oxygen atoms in total. The van der Waals surface area contributed by atoms with Crippen LogP contribution in [0.1, 0.15) is 107 Å². The molecule has 2 aliphatic heterocycles. The van der Waals surface area contributed by atoms with Gasteiger partial charge in [-0.05, 0) is 61.7 Å². The Bertz CT molecular complexity index is 1680. The second kappa shape index (κ2) is 20.0. The molecule has 0 radical (unpaired) electrons. The Labute approximate surface area is 294 Å². The number of aromatic carboxylic acids is 1. The summed E-state index contributed by atoms with van der Waals surface area (Å²) in [6.07, 6.45) is 10.7. The third kappa shape index (κ3) is 9.28. The van der Waals surface area contributed by atoms with Crippen LogP contribution < -0.4 is 0 Å². The fourth-order valence-corrected chi connectivity index (χ4v) is 6.20. The fraction of sp³-hybridized carbons (Fsp3) is 0.405. The number of carboxylic acids is 1. The van der Waals surface area contributed by atoms with E-state index in [4.69, 9.17) is 0 Å². The minimum absolute atomic E-state index is 0.0294. The van der Waals surface area contributed by atoms with Crippen molar-refractivity contribution >= 4 is 34.3 Å². The van der Waals surface area contributed by atoms with Crippen molar-refractivity contribution in [3.05, 3.63) is 113 Å². The number of piperazine rings is 1. The van der Waals surface area contributed by atoms with Gasteiger partial charge in [-0.1, -0.05) is 110 Å². The van der Waals surface area contributed by atoms with E-state index in [1.165, 1.54) is 6.42 Å². The highest BCUT2D eigenvalue weighted by Crippen LogP contribution is 2.38. The summed E-state index contributed by atoms with van der Waals surface area (Å²) >= 11 is 0. The fourth-order valence-electron chi connectivity index (χ4n) is 6.20. The average Bonchev–Trinajstić information content (AvgIpc) is 3.31. The maximum absolute atomic E-state index is 14.2. The van der Waals surface area contributed by atoms with Gasteiger partial charge in [-0.2, -0.15) is 0 Å². The molecule has 0 bridgehead atoms. The quantitative estimate of drug-likeness (QED) is 0.272. The number of carbonyl (C=O) groups excluding carboxylic acids is 2. The van der Waals surface area contributed by atoms with E-state index in [1.807, 2.05) is 112 Å². The van der Waals surface area contributed by atoms with Crippen LogP contribution in [0, 0.1) is 0 Å². The highest BCUT2D eigenvalue weighted by atomic mass is 16.4. The Morgan fingerprint density at radius 1 is 0.939 bits per heavy atom. The van der Waals surface area contributed by atoms with Gasteiger partial charge in [-0.3, -0.25) is 9.59 Å². The number of nitrogens with zero attached hydrogens (tertiary/aromatic N) is 3. The van der Waals surface area contributed by atoms with Crippen molar-refractivity contribution in [2.45, 2.75) is 94.2 Å². The lowest BCUT2D eigenvalue weighted by atomic mass is 9.96. The Morgan fingerprint density at radius 3 is 2.14 bits per heavy atom. The summed E-state index contributed by atoms with van der Waals surface area (Å²) in [5, 5.41) is 10.7. The van der Waals surface area contributed by atoms with Crippen LogP contribution in [0.2, 0.25) is 0 Å². The SMILES string of the molecule is C=CC1=C(/C=C\C)C=C(C(=O)N2CCN(C(=O)c3ccccc3)C[C@H]2C)Cn2c1c(CCC)c1ccc(C(=O)O)cc12.CC.CC.CCC. The summed E-state index contributed by atoms with van der Waals surface area (Å²) in [5.41, 5.74) is 6.16. The maximum atomic E-state index is 14.2. The minimum Gasteiger partial charge on any atom is -0.478 e. The molecule has 3 heterocycles. The molecule has 0 spiro atoms. The van der Waals surface area contributed by atoms with Crippen LogP contribution in [0.3, 0.4) is 0 Å². The van der Waals surface area contributed by atoms with Crippen LogP contribution in [0.5, 0.6) is 0 Å². The number of hydrogen-bond acceptors (Lipinski definition) is 3. The molecule has 49 heavy (non-hydrogen) atoms. The van der Waals surface area contributed by atoms with Gasteiger partial charge in [0, 0.05) is 53.3 Å². The maximum Gasteiger partial charge on any atom is 0.335 e. The Morgan fingerprint density at radius 2 is 1.59 bits per heavy atom. The lowest BCUT2D eigenvalue weighted by Gasteiger charge is -2.40. The molecular formula is C42H57N3O4. The number of aryl methyl sites for hydroxylation is 1. The second-order valence-corrected chi connectivity index (χ2v) is 11.6. The van der Waals surface area contributed by atoms with Gasteiger partial charge in [-0.25, -0.2) is 4.79 Å². The average molecular weight is 668 g/mol. The molecule has 0 unspecified atom stereocenters. The molecule has 3 aromatic rings. The van der Waals surface area contributed by atoms with E-state index in [0.29, 0.717) is 37.3 Å². The van der Waals surface area contributed by atoms with E-state index >= 15 is 0 Å². The van der Waals surface area contributed by atoms with Gasteiger partial charge < -0.3 is 19.5 Å². The lowest BCUT2D eigenvalue weighted by molar-refractivity contribution is -0.131. The monoisotopic (exact) mass is 667 g/mol. The summed E-state index contributed by atoms with van der Waals surface area (Å²) < 4.78 is 2.09. The normalized spacial score (nSPS) is 15.4. The molecule has 264 valence electrons. The van der Waals surface area contributed by atoms with Crippen molar-refractivity contribution in [2.75, 3.05) is 19.6 Å². The van der Waals surface area contributed by atoms with Crippen LogP contribution in [0.4, 0.5) is 0 Å². The van der Waals surface area contributed by atoms with E-state index in [9.17, 15) is 19.5 Å². The lowest BCUT2D eigenvalue weighted by Crippen LogP contribution is -2.55. The third-order valence-corrected chi connectivity index (χ3v) is 8.16. The van der Waals surface area contributed by atoms with Gasteiger partial charge in [-0.15, -0.1) is 0 Å². The number of amides is 2. The molecule has 2 amide bonds. The van der Waals surface area contributed by atoms with Crippen molar-refractivity contribution in [3.63, 3.8) is 0 Å². The number of benzene rings is 2. The Balaban J connectivity index is 0.00000111. The van der Waals surface area contributed by atoms with Gasteiger partial charge in [0.25, 0.3) is 11.8 Å². The van der Waals surface area contributed by atoms with Crippen LogP contribution in [0.15, 0.2) is 90.6 Å². The topological polar surface area (TPSA) is 82.9 Å². The molecule has 2 aromatic carbocycles. The summed E-state index contributed by atoms with van der Waals surface area (Å²) in [6, 6.07) is 14.3. The van der Waals surface area contributed by atoms with Gasteiger partial charge in [0.05, 0.1) is 17.8 Å². The van der Waals surface area contributed by atoms with E-state index in [-0.39, 0.29) is 23.4 Å². The molecular weight excluding hydrogens is 610 g/mol. The summed E-state index contributed by atoms with van der Waals surface area (Å²) in [5.74, 6) is -1.10. The van der Waals surface area contributed by atoms with Crippen LogP contribution in [-0.2, 0) is 17.8 Å². The number of carboxylic acid groups (broad SMARTS) is 1. The molecule has 7 heteroatoms. The number of fused-ring (bicyclic) bond motifs is 3. The first-order valence-electron chi connectivity index (χ1n) is 17.9. The summed E-state index contributed by atoms with van der Waals surface area (Å²) in [7, 11) is 0. The Hall–Kier alpha value is -4.65. The van der Waals surface area contributed by atoms with Gasteiger partial charge in [0.2, 0.25) is 0 Å². The van der Waals surface area contributed by atoms with Crippen LogP contribution in [-0.4, -0.2) is 62.9 Å². The molecule has 0 saturated carbocycles. The van der Waals surface area contributed by atoms with Crippen molar-refractivity contribution in [1.82, 2.24) is 14.4 Å². The van der Waals surface area contributed by atoms with E-state index < -0.39 is 5.97 Å². The van der Waals surface area contributed by atoms with E-state index in [1.54, 1.807) is 12.1 Å². The zero-order valence-corrected chi connectivity index (χ0v) is 31.2. The number of carbonyl (C=O) groups is 3. The standard InChI is InChI=1S/C35H37N3O4.C3H8.2C2H6/c1-5-11-25-19-27(34(40)37-18-17-36(21-23(37)4)33(39)24-13-9-8-10-14-24)22-38-31-20-26(35(41)42)15-16-29(31)30(12-6-2)32(38)28(25)7-3;1-3-2;2*1-2/h5,7-11,13-16,19-20,23H,3,6,12,17-18,21-22H2,1-2,4H3,(H,41,42);3H2,1-2H3;2*1-2H3/b11-5-;;;/t23-;;;/m1.../s1. The smallest absolute Gasteiger partial charge is 0.335 e. The molecule has 0 aliphatic carbocycles. The molecule has 2 aliphatic rings. The van der Waals surface area contributed by atoms with E-state index in [0.717, 1.165) is 46.1 Å². The zero-order valence-electron chi connectivity index (χ0n) is 31.2. The van der Waals surface area contributed by atoms with Crippen molar-refractivity contribution < 1.29 is 19.5 Å². The summed E-state index contributed by atoms with van der Waals surface area (Å²) in [4.78, 5) is 42.9. The first kappa shape index (κ1) is 40.5. The van der Waals surface area contributed by atoms with Gasteiger partial charge >= 0.3 is 5.97 Å². The van der Waals surface area contributed by atoms with Crippen molar-refractivity contribution in [3.8, 4) is 0 Å². The number of allylic oxidation sites excluding steroid dienone is 6. The molecule has 5 rings (SSSR count). The first-order chi connectivity index (χ1) is 23.7. The minimum atomic E-state index is -0.990. The zero-order chi connectivity index (χ0) is 36.7. The van der Waals surface area contributed by atoms with Gasteiger partial charge in [0.15, 0.2) is 0 Å². The highest BCUT2D eigenvalue weighted by molar-refractivity contribution is 6.01. The largest absolute Gasteiger partial charge is 0.478 e. The van der Waals surface area contributed by atoms with Crippen molar-refractivity contribution in [1.29, 1.82) is 0 Å². The molecule has 1 saturated heterocycles. The third-order valence-electron chi connectivity index (χ3n) is 8.16. The molecule has 1 aromatic heterocycles. The van der Waals surface area contributed by atoms with E-state index in [2.05, 4.69) is 31.9 Å². The number of aromatic nitrogens is 1. The predicted molar refractivity (Wildman–Crippen MR) is 205 cm³/mol. The van der Waals surface area contributed by atoms with Crippen LogP contribution >= 0.6 is 0 Å².